The van der Waals surface area contributed by atoms with Gasteiger partial charge in [-0.25, -0.2) is 0 Å². The normalized spacial score (nSPS) is 13.2. The zero-order valence-electron chi connectivity index (χ0n) is 11.4. The Bertz CT molecular complexity index is 317. The molecule has 2 N–H and O–H groups in total. The lowest BCUT2D eigenvalue weighted by molar-refractivity contribution is -0.116. The molecular weight excluding hydrogens is 230 g/mol. The number of methoxy groups -OCH3 is 2. The van der Waals surface area contributed by atoms with Crippen LogP contribution in [-0.2, 0) is 16.0 Å². The van der Waals surface area contributed by atoms with Crippen molar-refractivity contribution in [3.8, 4) is 0 Å². The van der Waals surface area contributed by atoms with E-state index < -0.39 is 0 Å². The first-order valence-corrected chi connectivity index (χ1v) is 6.06. The van der Waals surface area contributed by atoms with Crippen molar-refractivity contribution < 1.29 is 9.47 Å². The van der Waals surface area contributed by atoms with Gasteiger partial charge in [-0.2, -0.15) is 0 Å². The highest BCUT2D eigenvalue weighted by molar-refractivity contribution is 5.08. The number of hydrogen-bond acceptors (Lipinski definition) is 5. The van der Waals surface area contributed by atoms with Gasteiger partial charge in [0.2, 0.25) is 0 Å². The van der Waals surface area contributed by atoms with Crippen molar-refractivity contribution in [2.24, 2.45) is 5.73 Å². The minimum absolute atomic E-state index is 0.213. The largest absolute Gasteiger partial charge is 0.356 e. The molecule has 0 spiro atoms. The third-order valence-corrected chi connectivity index (χ3v) is 3.04. The van der Waals surface area contributed by atoms with Crippen molar-refractivity contribution >= 4 is 0 Å². The lowest BCUT2D eigenvalue weighted by Crippen LogP contribution is -2.40. The maximum atomic E-state index is 5.82. The molecule has 5 heteroatoms. The van der Waals surface area contributed by atoms with Gasteiger partial charge in [-0.15, -0.1) is 0 Å². The summed E-state index contributed by atoms with van der Waals surface area (Å²) in [5.74, 6) is 0. The van der Waals surface area contributed by atoms with Crippen LogP contribution in [0.5, 0.6) is 0 Å². The van der Waals surface area contributed by atoms with E-state index in [1.54, 1.807) is 20.4 Å². The van der Waals surface area contributed by atoms with E-state index in [0.717, 1.165) is 13.0 Å². The highest BCUT2D eigenvalue weighted by Crippen LogP contribution is 2.11. The van der Waals surface area contributed by atoms with Gasteiger partial charge in [-0.1, -0.05) is 6.07 Å². The Balaban J connectivity index is 2.54. The molecular formula is C13H23N3O2. The Morgan fingerprint density at radius 1 is 1.39 bits per heavy atom. The molecule has 1 aromatic rings. The van der Waals surface area contributed by atoms with Crippen LogP contribution in [0.3, 0.4) is 0 Å². The predicted molar refractivity (Wildman–Crippen MR) is 71.0 cm³/mol. The summed E-state index contributed by atoms with van der Waals surface area (Å²) in [5, 5.41) is 0. The quantitative estimate of drug-likeness (QED) is 0.696. The van der Waals surface area contributed by atoms with Gasteiger partial charge in [-0.05, 0) is 18.7 Å². The summed E-state index contributed by atoms with van der Waals surface area (Å²) >= 11 is 0. The van der Waals surface area contributed by atoms with Crippen molar-refractivity contribution in [1.29, 1.82) is 0 Å². The smallest absolute Gasteiger partial charge is 0.158 e. The number of nitrogens with two attached hydrogens (primary N) is 1. The zero-order chi connectivity index (χ0) is 13.4. The minimum atomic E-state index is -0.213. The molecule has 5 nitrogen and oxygen atoms in total. The average molecular weight is 253 g/mol. The molecule has 0 aliphatic heterocycles. The SMILES string of the molecule is COC(CC(CN)N(C)Cc1cccnc1)OC. The average Bonchev–Trinajstić information content (AvgIpc) is 2.41. The Labute approximate surface area is 109 Å². The lowest BCUT2D eigenvalue weighted by atomic mass is 10.1. The van der Waals surface area contributed by atoms with E-state index in [4.69, 9.17) is 15.2 Å². The van der Waals surface area contributed by atoms with Gasteiger partial charge in [0.1, 0.15) is 0 Å². The van der Waals surface area contributed by atoms with Crippen molar-refractivity contribution in [1.82, 2.24) is 9.88 Å². The molecule has 0 aromatic carbocycles. The van der Waals surface area contributed by atoms with Gasteiger partial charge >= 0.3 is 0 Å². The Kier molecular flexibility index (Phi) is 6.82. The molecule has 102 valence electrons. The third-order valence-electron chi connectivity index (χ3n) is 3.04. The molecule has 1 heterocycles. The number of ether oxygens (including phenoxy) is 2. The fourth-order valence-corrected chi connectivity index (χ4v) is 1.88. The van der Waals surface area contributed by atoms with Crippen LogP contribution in [0.15, 0.2) is 24.5 Å². The number of likely N-dealkylation sites (N-methyl/N-ethyl adjacent to an activating group) is 1. The van der Waals surface area contributed by atoms with Crippen LogP contribution >= 0.6 is 0 Å². The van der Waals surface area contributed by atoms with E-state index in [1.165, 1.54) is 5.56 Å². The number of nitrogens with zero attached hydrogens (tertiary/aromatic N) is 2. The summed E-state index contributed by atoms with van der Waals surface area (Å²) in [5.41, 5.74) is 6.99. The second-order valence-electron chi connectivity index (χ2n) is 4.30. The van der Waals surface area contributed by atoms with Crippen LogP contribution in [0.4, 0.5) is 0 Å². The topological polar surface area (TPSA) is 60.6 Å². The molecule has 0 fully saturated rings. The fourth-order valence-electron chi connectivity index (χ4n) is 1.88. The van der Waals surface area contributed by atoms with E-state index in [-0.39, 0.29) is 12.3 Å². The molecule has 1 atom stereocenters. The Morgan fingerprint density at radius 3 is 2.61 bits per heavy atom. The van der Waals surface area contributed by atoms with Crippen LogP contribution in [0, 0.1) is 0 Å². The summed E-state index contributed by atoms with van der Waals surface area (Å²) < 4.78 is 10.4. The number of pyridine rings is 1. The standard InChI is InChI=1S/C13H23N3O2/c1-16(10-11-5-4-6-15-9-11)12(8-14)7-13(17-2)18-3/h4-6,9,12-13H,7-8,10,14H2,1-3H3. The van der Waals surface area contributed by atoms with Crippen LogP contribution in [-0.4, -0.2) is 50.0 Å². The maximum absolute atomic E-state index is 5.82. The predicted octanol–water partition coefficient (Wildman–Crippen LogP) is 0.850. The molecule has 0 bridgehead atoms. The van der Waals surface area contributed by atoms with Crippen LogP contribution < -0.4 is 5.73 Å². The zero-order valence-corrected chi connectivity index (χ0v) is 11.4. The highest BCUT2D eigenvalue weighted by atomic mass is 16.7. The van der Waals surface area contributed by atoms with Crippen molar-refractivity contribution in [2.75, 3.05) is 27.8 Å². The van der Waals surface area contributed by atoms with Crippen LogP contribution in [0.25, 0.3) is 0 Å². The fraction of sp³-hybridized carbons (Fsp3) is 0.615. The second-order valence-corrected chi connectivity index (χ2v) is 4.30. The van der Waals surface area contributed by atoms with Crippen LogP contribution in [0.1, 0.15) is 12.0 Å². The summed E-state index contributed by atoms with van der Waals surface area (Å²) in [6.07, 6.45) is 4.18. The van der Waals surface area contributed by atoms with Gasteiger partial charge in [0, 0.05) is 52.2 Å². The van der Waals surface area contributed by atoms with Gasteiger partial charge in [0.25, 0.3) is 0 Å². The molecule has 18 heavy (non-hydrogen) atoms. The summed E-state index contributed by atoms with van der Waals surface area (Å²) in [6, 6.07) is 4.21. The van der Waals surface area contributed by atoms with E-state index in [2.05, 4.69) is 16.0 Å². The minimum Gasteiger partial charge on any atom is -0.356 e. The van der Waals surface area contributed by atoms with Crippen molar-refractivity contribution in [3.05, 3.63) is 30.1 Å². The molecule has 1 aromatic heterocycles. The molecule has 0 amide bonds. The number of hydrogen-bond donors (Lipinski definition) is 1. The number of aromatic nitrogens is 1. The molecule has 0 aliphatic rings. The van der Waals surface area contributed by atoms with Crippen molar-refractivity contribution in [2.45, 2.75) is 25.3 Å². The second kappa shape index (κ2) is 8.16. The van der Waals surface area contributed by atoms with Crippen molar-refractivity contribution in [3.63, 3.8) is 0 Å². The molecule has 0 saturated heterocycles. The van der Waals surface area contributed by atoms with Gasteiger partial charge in [-0.3, -0.25) is 9.88 Å². The van der Waals surface area contributed by atoms with Gasteiger partial charge in [0.05, 0.1) is 0 Å². The summed E-state index contributed by atoms with van der Waals surface area (Å²) in [7, 11) is 5.33. The van der Waals surface area contributed by atoms with E-state index in [1.807, 2.05) is 19.3 Å². The molecule has 1 rings (SSSR count). The monoisotopic (exact) mass is 253 g/mol. The van der Waals surface area contributed by atoms with E-state index in [9.17, 15) is 0 Å². The molecule has 1 unspecified atom stereocenters. The Morgan fingerprint density at radius 2 is 2.11 bits per heavy atom. The molecule has 0 saturated carbocycles. The molecule has 0 aliphatic carbocycles. The van der Waals surface area contributed by atoms with E-state index >= 15 is 0 Å². The lowest BCUT2D eigenvalue weighted by Gasteiger charge is -2.29. The van der Waals surface area contributed by atoms with Gasteiger partial charge < -0.3 is 15.2 Å². The van der Waals surface area contributed by atoms with Gasteiger partial charge in [0.15, 0.2) is 6.29 Å². The maximum Gasteiger partial charge on any atom is 0.158 e. The third kappa shape index (κ3) is 4.70. The molecule has 0 radical (unpaired) electrons. The first-order chi connectivity index (χ1) is 8.71. The van der Waals surface area contributed by atoms with E-state index in [0.29, 0.717) is 6.54 Å². The first-order valence-electron chi connectivity index (χ1n) is 6.06. The summed E-state index contributed by atoms with van der Waals surface area (Å²) in [4.78, 5) is 6.31. The highest BCUT2D eigenvalue weighted by Gasteiger charge is 2.18. The Hall–Kier alpha value is -1.01. The van der Waals surface area contributed by atoms with Crippen LogP contribution in [0.2, 0.25) is 0 Å². The number of rotatable bonds is 8. The summed E-state index contributed by atoms with van der Waals surface area (Å²) in [6.45, 7) is 1.38. The first kappa shape index (κ1) is 15.0.